The Hall–Kier alpha value is -2.77. The van der Waals surface area contributed by atoms with Crippen molar-refractivity contribution in [2.24, 2.45) is 5.92 Å². The van der Waals surface area contributed by atoms with Crippen LogP contribution in [0.5, 0.6) is 5.75 Å². The normalized spacial score (nSPS) is 15.1. The lowest BCUT2D eigenvalue weighted by Crippen LogP contribution is -2.46. The SMILES string of the molecule is CCCCCOc1ccc(COC(=O)N2CCC(C(=O)NC(C)C(=O)OC)CC2)cc1. The number of carbonyl (C=O) groups excluding carboxylic acids is 3. The van der Waals surface area contributed by atoms with Crippen molar-refractivity contribution in [3.63, 3.8) is 0 Å². The first-order valence-electron chi connectivity index (χ1n) is 11.0. The second-order valence-corrected chi connectivity index (χ2v) is 7.77. The Kier molecular flexibility index (Phi) is 10.1. The first kappa shape index (κ1) is 24.5. The van der Waals surface area contributed by atoms with Crippen molar-refractivity contribution >= 4 is 18.0 Å². The summed E-state index contributed by atoms with van der Waals surface area (Å²) in [5.41, 5.74) is 0.889. The highest BCUT2D eigenvalue weighted by Crippen LogP contribution is 2.19. The fourth-order valence-corrected chi connectivity index (χ4v) is 3.35. The lowest BCUT2D eigenvalue weighted by molar-refractivity contribution is -0.145. The van der Waals surface area contributed by atoms with Crippen molar-refractivity contribution in [1.82, 2.24) is 10.2 Å². The third-order valence-corrected chi connectivity index (χ3v) is 5.34. The molecule has 1 aliphatic heterocycles. The van der Waals surface area contributed by atoms with Crippen molar-refractivity contribution in [2.45, 2.75) is 58.6 Å². The van der Waals surface area contributed by atoms with E-state index in [0.29, 0.717) is 32.5 Å². The van der Waals surface area contributed by atoms with Gasteiger partial charge in [-0.25, -0.2) is 9.59 Å². The zero-order valence-corrected chi connectivity index (χ0v) is 18.7. The maximum Gasteiger partial charge on any atom is 0.410 e. The molecular formula is C23H34N2O6. The molecule has 1 fully saturated rings. The minimum Gasteiger partial charge on any atom is -0.494 e. The van der Waals surface area contributed by atoms with Crippen molar-refractivity contribution in [3.05, 3.63) is 29.8 Å². The van der Waals surface area contributed by atoms with Crippen LogP contribution in [0, 0.1) is 5.92 Å². The molecule has 8 heteroatoms. The molecule has 8 nitrogen and oxygen atoms in total. The van der Waals surface area contributed by atoms with E-state index in [4.69, 9.17) is 9.47 Å². The third kappa shape index (κ3) is 8.11. The number of piperidine rings is 1. The molecule has 0 radical (unpaired) electrons. The van der Waals surface area contributed by atoms with E-state index < -0.39 is 12.0 Å². The number of likely N-dealkylation sites (tertiary alicyclic amines) is 1. The molecular weight excluding hydrogens is 400 g/mol. The van der Waals surface area contributed by atoms with Crippen LogP contribution in [0.3, 0.4) is 0 Å². The monoisotopic (exact) mass is 434 g/mol. The summed E-state index contributed by atoms with van der Waals surface area (Å²) in [5, 5.41) is 2.66. The quantitative estimate of drug-likeness (QED) is 0.449. The summed E-state index contributed by atoms with van der Waals surface area (Å²) < 4.78 is 15.7. The number of benzene rings is 1. The number of nitrogens with one attached hydrogen (secondary N) is 1. The lowest BCUT2D eigenvalue weighted by atomic mass is 9.96. The standard InChI is InChI=1S/C23H34N2O6/c1-4-5-6-15-30-20-9-7-18(8-10-20)16-31-23(28)25-13-11-19(12-14-25)21(26)24-17(2)22(27)29-3/h7-10,17,19H,4-6,11-16H2,1-3H3,(H,24,26). The predicted octanol–water partition coefficient (Wildman–Crippen LogP) is 3.28. The second kappa shape index (κ2) is 12.8. The fraction of sp³-hybridized carbons (Fsp3) is 0.609. The van der Waals surface area contributed by atoms with Gasteiger partial charge in [0.2, 0.25) is 5.91 Å². The number of esters is 1. The van der Waals surface area contributed by atoms with Gasteiger partial charge in [0.15, 0.2) is 0 Å². The Bertz CT molecular complexity index is 713. The van der Waals surface area contributed by atoms with Crippen LogP contribution in [0.2, 0.25) is 0 Å². The van der Waals surface area contributed by atoms with Gasteiger partial charge in [-0.2, -0.15) is 0 Å². The predicted molar refractivity (Wildman–Crippen MR) is 116 cm³/mol. The van der Waals surface area contributed by atoms with Gasteiger partial charge in [0.05, 0.1) is 13.7 Å². The molecule has 0 aromatic heterocycles. The van der Waals surface area contributed by atoms with Gasteiger partial charge in [0.1, 0.15) is 18.4 Å². The van der Waals surface area contributed by atoms with Crippen molar-refractivity contribution < 1.29 is 28.6 Å². The number of ether oxygens (including phenoxy) is 3. The molecule has 1 heterocycles. The first-order valence-corrected chi connectivity index (χ1v) is 11.0. The average molecular weight is 435 g/mol. The first-order chi connectivity index (χ1) is 14.9. The van der Waals surface area contributed by atoms with E-state index in [-0.39, 0.29) is 24.5 Å². The third-order valence-electron chi connectivity index (χ3n) is 5.34. The summed E-state index contributed by atoms with van der Waals surface area (Å²) in [6.07, 6.45) is 4.02. The second-order valence-electron chi connectivity index (χ2n) is 7.77. The molecule has 0 aliphatic carbocycles. The van der Waals surface area contributed by atoms with Gasteiger partial charge < -0.3 is 24.4 Å². The van der Waals surface area contributed by atoms with Gasteiger partial charge in [-0.05, 0) is 43.9 Å². The number of rotatable bonds is 10. The lowest BCUT2D eigenvalue weighted by Gasteiger charge is -2.31. The van der Waals surface area contributed by atoms with Crippen LogP contribution in [-0.2, 0) is 25.7 Å². The Morgan fingerprint density at radius 1 is 1.13 bits per heavy atom. The molecule has 2 amide bonds. The van der Waals surface area contributed by atoms with Crippen LogP contribution in [0.15, 0.2) is 24.3 Å². The van der Waals surface area contributed by atoms with E-state index in [9.17, 15) is 14.4 Å². The molecule has 1 saturated heterocycles. The number of methoxy groups -OCH3 is 1. The number of nitrogens with zero attached hydrogens (tertiary/aromatic N) is 1. The highest BCUT2D eigenvalue weighted by molar-refractivity contribution is 5.85. The molecule has 0 saturated carbocycles. The summed E-state index contributed by atoms with van der Waals surface area (Å²) in [7, 11) is 1.28. The number of unbranched alkanes of at least 4 members (excludes halogenated alkanes) is 2. The van der Waals surface area contributed by atoms with Gasteiger partial charge >= 0.3 is 12.1 Å². The van der Waals surface area contributed by atoms with Crippen LogP contribution < -0.4 is 10.1 Å². The molecule has 1 unspecified atom stereocenters. The molecule has 1 N–H and O–H groups in total. The van der Waals surface area contributed by atoms with E-state index >= 15 is 0 Å². The minimum absolute atomic E-state index is 0.187. The van der Waals surface area contributed by atoms with Gasteiger partial charge in [-0.15, -0.1) is 0 Å². The van der Waals surface area contributed by atoms with E-state index in [2.05, 4.69) is 17.0 Å². The summed E-state index contributed by atoms with van der Waals surface area (Å²) in [6.45, 7) is 5.51. The zero-order valence-electron chi connectivity index (χ0n) is 18.7. The number of hydrogen-bond acceptors (Lipinski definition) is 6. The molecule has 0 bridgehead atoms. The van der Waals surface area contributed by atoms with Gasteiger partial charge in [0, 0.05) is 19.0 Å². The number of hydrogen-bond donors (Lipinski definition) is 1. The van der Waals surface area contributed by atoms with Gasteiger partial charge in [-0.1, -0.05) is 31.9 Å². The number of amides is 2. The Morgan fingerprint density at radius 2 is 1.81 bits per heavy atom. The Morgan fingerprint density at radius 3 is 2.42 bits per heavy atom. The zero-order chi connectivity index (χ0) is 22.6. The van der Waals surface area contributed by atoms with Crippen LogP contribution >= 0.6 is 0 Å². The van der Waals surface area contributed by atoms with E-state index in [1.807, 2.05) is 24.3 Å². The van der Waals surface area contributed by atoms with Gasteiger partial charge in [-0.3, -0.25) is 4.79 Å². The van der Waals surface area contributed by atoms with Crippen molar-refractivity contribution in [1.29, 1.82) is 0 Å². The molecule has 1 aromatic rings. The molecule has 31 heavy (non-hydrogen) atoms. The van der Waals surface area contributed by atoms with Gasteiger partial charge in [0.25, 0.3) is 0 Å². The maximum atomic E-state index is 12.3. The van der Waals surface area contributed by atoms with E-state index in [0.717, 1.165) is 30.6 Å². The van der Waals surface area contributed by atoms with E-state index in [1.54, 1.807) is 11.8 Å². The van der Waals surface area contributed by atoms with E-state index in [1.165, 1.54) is 7.11 Å². The highest BCUT2D eigenvalue weighted by Gasteiger charge is 2.29. The largest absolute Gasteiger partial charge is 0.494 e. The molecule has 1 atom stereocenters. The molecule has 1 aromatic carbocycles. The van der Waals surface area contributed by atoms with Crippen LogP contribution in [0.25, 0.3) is 0 Å². The topological polar surface area (TPSA) is 94.2 Å². The maximum absolute atomic E-state index is 12.3. The fourth-order valence-electron chi connectivity index (χ4n) is 3.35. The molecule has 1 aliphatic rings. The summed E-state index contributed by atoms with van der Waals surface area (Å²) in [4.78, 5) is 37.7. The molecule has 172 valence electrons. The van der Waals surface area contributed by atoms with Crippen LogP contribution in [0.4, 0.5) is 4.79 Å². The minimum atomic E-state index is -0.686. The van der Waals surface area contributed by atoms with Crippen molar-refractivity contribution in [3.8, 4) is 5.75 Å². The Labute approximate surface area is 184 Å². The number of carbonyl (C=O) groups is 3. The smallest absolute Gasteiger partial charge is 0.410 e. The summed E-state index contributed by atoms with van der Waals surface area (Å²) in [6, 6.07) is 6.86. The molecule has 2 rings (SSSR count). The highest BCUT2D eigenvalue weighted by atomic mass is 16.6. The summed E-state index contributed by atoms with van der Waals surface area (Å²) >= 11 is 0. The summed E-state index contributed by atoms with van der Waals surface area (Å²) in [5.74, 6) is -0.0950. The average Bonchev–Trinajstić information content (AvgIpc) is 2.80. The Balaban J connectivity index is 1.69. The van der Waals surface area contributed by atoms with Crippen LogP contribution in [0.1, 0.15) is 51.5 Å². The van der Waals surface area contributed by atoms with Crippen molar-refractivity contribution in [2.75, 3.05) is 26.8 Å². The van der Waals surface area contributed by atoms with Crippen LogP contribution in [-0.4, -0.2) is 55.7 Å². The molecule has 0 spiro atoms.